The average molecular weight is 543 g/mol. The van der Waals surface area contributed by atoms with Gasteiger partial charge in [-0.3, -0.25) is 9.67 Å². The molecule has 0 atom stereocenters. The second-order valence-electron chi connectivity index (χ2n) is 8.08. The van der Waals surface area contributed by atoms with Crippen LogP contribution in [0.1, 0.15) is 44.1 Å². The maximum atomic E-state index is 5.46. The highest BCUT2D eigenvalue weighted by molar-refractivity contribution is 14.0. The minimum atomic E-state index is -0.147. The summed E-state index contributed by atoms with van der Waals surface area (Å²) in [4.78, 5) is 4.83. The van der Waals surface area contributed by atoms with E-state index < -0.39 is 0 Å². The highest BCUT2D eigenvalue weighted by Gasteiger charge is 2.22. The Morgan fingerprint density at radius 1 is 1.10 bits per heavy atom. The van der Waals surface area contributed by atoms with Crippen LogP contribution in [-0.2, 0) is 12.0 Å². The van der Waals surface area contributed by atoms with E-state index in [1.54, 1.807) is 14.2 Å². The van der Waals surface area contributed by atoms with Crippen molar-refractivity contribution in [1.82, 2.24) is 20.4 Å². The molecule has 8 heteroatoms. The van der Waals surface area contributed by atoms with E-state index in [2.05, 4.69) is 60.2 Å². The summed E-state index contributed by atoms with van der Waals surface area (Å²) >= 11 is 0. The second kappa shape index (κ2) is 12.8. The first-order chi connectivity index (χ1) is 14.3. The van der Waals surface area contributed by atoms with Gasteiger partial charge in [-0.1, -0.05) is 19.9 Å². The number of ether oxygens (including phenoxy) is 2. The molecule has 174 valence electrons. The Morgan fingerprint density at radius 3 is 2.39 bits per heavy atom. The Kier molecular flexibility index (Phi) is 11.2. The number of aliphatic imine (C=N–C) groups is 1. The molecule has 7 nitrogen and oxygen atoms in total. The Labute approximate surface area is 204 Å². The molecule has 0 saturated heterocycles. The lowest BCUT2D eigenvalue weighted by molar-refractivity contribution is 0.353. The molecule has 2 aromatic rings. The molecule has 0 bridgehead atoms. The number of rotatable bonds is 10. The summed E-state index contributed by atoms with van der Waals surface area (Å²) in [6, 6.07) is 8.16. The van der Waals surface area contributed by atoms with Crippen LogP contribution in [0.4, 0.5) is 0 Å². The molecule has 0 radical (unpaired) electrons. The van der Waals surface area contributed by atoms with E-state index in [1.165, 1.54) is 5.69 Å². The zero-order valence-electron chi connectivity index (χ0n) is 19.9. The second-order valence-corrected chi connectivity index (χ2v) is 8.08. The van der Waals surface area contributed by atoms with Crippen LogP contribution in [0.3, 0.4) is 0 Å². The van der Waals surface area contributed by atoms with Gasteiger partial charge in [0.2, 0.25) is 0 Å². The molecule has 0 aliphatic heterocycles. The van der Waals surface area contributed by atoms with E-state index in [9.17, 15) is 0 Å². The summed E-state index contributed by atoms with van der Waals surface area (Å²) in [5.41, 5.74) is 3.27. The molecule has 31 heavy (non-hydrogen) atoms. The highest BCUT2D eigenvalue weighted by atomic mass is 127. The molecule has 0 aliphatic carbocycles. The number of hydrogen-bond donors (Lipinski definition) is 2. The molecule has 0 fully saturated rings. The zero-order valence-corrected chi connectivity index (χ0v) is 22.2. The van der Waals surface area contributed by atoms with Gasteiger partial charge in [-0.2, -0.15) is 5.10 Å². The lowest BCUT2D eigenvalue weighted by Gasteiger charge is -2.25. The third-order valence-corrected chi connectivity index (χ3v) is 5.08. The van der Waals surface area contributed by atoms with E-state index in [4.69, 9.17) is 14.5 Å². The van der Waals surface area contributed by atoms with Crippen molar-refractivity contribution in [2.45, 2.75) is 53.0 Å². The summed E-state index contributed by atoms with van der Waals surface area (Å²) in [5, 5.41) is 11.3. The van der Waals surface area contributed by atoms with Crippen molar-refractivity contribution in [3.8, 4) is 11.5 Å². The minimum Gasteiger partial charge on any atom is -0.493 e. The van der Waals surface area contributed by atoms with Crippen molar-refractivity contribution >= 4 is 29.9 Å². The van der Waals surface area contributed by atoms with E-state index in [-0.39, 0.29) is 29.4 Å². The Bertz CT molecular complexity index is 848. The van der Waals surface area contributed by atoms with Crippen LogP contribution < -0.4 is 20.1 Å². The molecule has 0 saturated carbocycles. The zero-order chi connectivity index (χ0) is 22.1. The number of nitrogens with zero attached hydrogens (tertiary/aromatic N) is 3. The first kappa shape index (κ1) is 27.1. The van der Waals surface area contributed by atoms with Crippen LogP contribution in [0, 0.1) is 13.8 Å². The number of guanidine groups is 1. The van der Waals surface area contributed by atoms with Crippen molar-refractivity contribution in [2.75, 3.05) is 33.9 Å². The SMILES string of the molecule is CCNC(=NCC(C)(C)c1ccc(OC)c(OC)c1)NCCCn1nc(C)cc1C.I. The number of methoxy groups -OCH3 is 2. The molecular weight excluding hydrogens is 505 g/mol. The molecule has 0 spiro atoms. The van der Waals surface area contributed by atoms with Gasteiger partial charge in [-0.15, -0.1) is 24.0 Å². The van der Waals surface area contributed by atoms with Crippen molar-refractivity contribution in [1.29, 1.82) is 0 Å². The molecule has 1 aromatic carbocycles. The molecule has 2 N–H and O–H groups in total. The monoisotopic (exact) mass is 543 g/mol. The average Bonchev–Trinajstić information content (AvgIpc) is 3.05. The normalized spacial score (nSPS) is 11.6. The molecule has 1 aromatic heterocycles. The number of aryl methyl sites for hydroxylation is 3. The largest absolute Gasteiger partial charge is 0.493 e. The van der Waals surface area contributed by atoms with Gasteiger partial charge in [0, 0.05) is 30.7 Å². The van der Waals surface area contributed by atoms with Crippen LogP contribution in [0.2, 0.25) is 0 Å². The number of aromatic nitrogens is 2. The summed E-state index contributed by atoms with van der Waals surface area (Å²) in [5.74, 6) is 2.30. The quantitative estimate of drug-likeness (QED) is 0.205. The van der Waals surface area contributed by atoms with Gasteiger partial charge in [0.1, 0.15) is 0 Å². The van der Waals surface area contributed by atoms with Crippen LogP contribution in [0.15, 0.2) is 29.3 Å². The predicted octanol–water partition coefficient (Wildman–Crippen LogP) is 4.06. The molecule has 0 aliphatic rings. The predicted molar refractivity (Wildman–Crippen MR) is 138 cm³/mol. The lowest BCUT2D eigenvalue weighted by Crippen LogP contribution is -2.39. The van der Waals surface area contributed by atoms with Gasteiger partial charge in [-0.05, 0) is 51.0 Å². The minimum absolute atomic E-state index is 0. The lowest BCUT2D eigenvalue weighted by atomic mass is 9.84. The van der Waals surface area contributed by atoms with Crippen molar-refractivity contribution < 1.29 is 9.47 Å². The van der Waals surface area contributed by atoms with Gasteiger partial charge in [-0.25, -0.2) is 0 Å². The van der Waals surface area contributed by atoms with Crippen molar-refractivity contribution in [3.05, 3.63) is 41.2 Å². The standard InChI is InChI=1S/C23H37N5O2.HI/c1-8-24-22(25-12-9-13-28-18(3)14-17(2)27-28)26-16-23(4,5)19-10-11-20(29-6)21(15-19)30-7;/h10-11,14-15H,8-9,12-13,16H2,1-7H3,(H2,24,25,26);1H. The van der Waals surface area contributed by atoms with E-state index >= 15 is 0 Å². The number of nitrogens with one attached hydrogen (secondary N) is 2. The maximum Gasteiger partial charge on any atom is 0.191 e. The van der Waals surface area contributed by atoms with Gasteiger partial charge in [0.05, 0.1) is 26.5 Å². The Hall–Kier alpha value is -1.97. The molecule has 0 amide bonds. The van der Waals surface area contributed by atoms with E-state index in [0.29, 0.717) is 6.54 Å². The number of benzene rings is 1. The van der Waals surface area contributed by atoms with Crippen molar-refractivity contribution in [3.63, 3.8) is 0 Å². The van der Waals surface area contributed by atoms with Gasteiger partial charge in [0.25, 0.3) is 0 Å². The third kappa shape index (κ3) is 7.90. The van der Waals surface area contributed by atoms with E-state index in [1.807, 2.05) is 19.1 Å². The van der Waals surface area contributed by atoms with Crippen LogP contribution in [0.25, 0.3) is 0 Å². The summed E-state index contributed by atoms with van der Waals surface area (Å²) in [7, 11) is 3.31. The summed E-state index contributed by atoms with van der Waals surface area (Å²) in [6.45, 7) is 13.8. The molecule has 1 heterocycles. The van der Waals surface area contributed by atoms with Crippen molar-refractivity contribution in [2.24, 2.45) is 4.99 Å². The third-order valence-electron chi connectivity index (χ3n) is 5.08. The maximum absolute atomic E-state index is 5.46. The number of hydrogen-bond acceptors (Lipinski definition) is 4. The first-order valence-electron chi connectivity index (χ1n) is 10.6. The first-order valence-corrected chi connectivity index (χ1v) is 10.6. The van der Waals surface area contributed by atoms with E-state index in [0.717, 1.165) is 54.8 Å². The summed E-state index contributed by atoms with van der Waals surface area (Å²) in [6.07, 6.45) is 0.978. The molecular formula is C23H38IN5O2. The van der Waals surface area contributed by atoms with Crippen LogP contribution in [0.5, 0.6) is 11.5 Å². The van der Waals surface area contributed by atoms with Crippen LogP contribution >= 0.6 is 24.0 Å². The van der Waals surface area contributed by atoms with Gasteiger partial charge < -0.3 is 20.1 Å². The van der Waals surface area contributed by atoms with Crippen LogP contribution in [-0.4, -0.2) is 49.6 Å². The Balaban J connectivity index is 0.00000480. The summed E-state index contributed by atoms with van der Waals surface area (Å²) < 4.78 is 12.9. The number of halogens is 1. The Morgan fingerprint density at radius 2 is 1.81 bits per heavy atom. The molecule has 2 rings (SSSR count). The fraction of sp³-hybridized carbons (Fsp3) is 0.565. The fourth-order valence-corrected chi connectivity index (χ4v) is 3.30. The highest BCUT2D eigenvalue weighted by Crippen LogP contribution is 2.33. The fourth-order valence-electron chi connectivity index (χ4n) is 3.30. The topological polar surface area (TPSA) is 72.7 Å². The molecule has 0 unspecified atom stereocenters. The van der Waals surface area contributed by atoms with Gasteiger partial charge >= 0.3 is 0 Å². The smallest absolute Gasteiger partial charge is 0.191 e. The van der Waals surface area contributed by atoms with Gasteiger partial charge in [0.15, 0.2) is 17.5 Å².